The predicted octanol–water partition coefficient (Wildman–Crippen LogP) is 4.35. The van der Waals surface area contributed by atoms with Gasteiger partial charge >= 0.3 is 0 Å². The van der Waals surface area contributed by atoms with Gasteiger partial charge in [0, 0.05) is 38.9 Å². The van der Waals surface area contributed by atoms with E-state index in [1.54, 1.807) is 7.11 Å². The first-order chi connectivity index (χ1) is 12.9. The predicted molar refractivity (Wildman–Crippen MR) is 113 cm³/mol. The van der Waals surface area contributed by atoms with Crippen LogP contribution >= 0.6 is 0 Å². The molecule has 4 nitrogen and oxygen atoms in total. The molecule has 146 valence electrons. The molecule has 1 aliphatic rings. The number of anilines is 1. The maximum Gasteiger partial charge on any atom is 0.128 e. The Kier molecular flexibility index (Phi) is 6.05. The molecule has 0 atom stereocenters. The van der Waals surface area contributed by atoms with E-state index in [9.17, 15) is 0 Å². The average Bonchev–Trinajstić information content (AvgIpc) is 2.69. The van der Waals surface area contributed by atoms with Gasteiger partial charge in [0.15, 0.2) is 0 Å². The van der Waals surface area contributed by atoms with Crippen LogP contribution in [0.25, 0.3) is 0 Å². The summed E-state index contributed by atoms with van der Waals surface area (Å²) in [5, 5.41) is 0. The van der Waals surface area contributed by atoms with Gasteiger partial charge in [-0.15, -0.1) is 0 Å². The van der Waals surface area contributed by atoms with Gasteiger partial charge in [-0.1, -0.05) is 45.9 Å². The van der Waals surface area contributed by atoms with Crippen molar-refractivity contribution in [3.63, 3.8) is 0 Å². The molecule has 2 heterocycles. The molecule has 0 N–H and O–H groups in total. The average molecular weight is 368 g/mol. The molecule has 2 aromatic rings. The van der Waals surface area contributed by atoms with Crippen molar-refractivity contribution in [2.75, 3.05) is 38.2 Å². The summed E-state index contributed by atoms with van der Waals surface area (Å²) in [6.07, 6.45) is 2.07. The first-order valence-corrected chi connectivity index (χ1v) is 9.97. The monoisotopic (exact) mass is 367 g/mol. The summed E-state index contributed by atoms with van der Waals surface area (Å²) in [6.45, 7) is 14.3. The van der Waals surface area contributed by atoms with E-state index >= 15 is 0 Å². The third-order valence-electron chi connectivity index (χ3n) is 6.20. The SMILES string of the molecule is COc1ccc(CN2CCN(c3ccc(C(C)(C)C(C)C)cn3)CC2)cc1. The smallest absolute Gasteiger partial charge is 0.128 e. The zero-order valence-electron chi connectivity index (χ0n) is 17.4. The van der Waals surface area contributed by atoms with E-state index in [-0.39, 0.29) is 5.41 Å². The quantitative estimate of drug-likeness (QED) is 0.759. The summed E-state index contributed by atoms with van der Waals surface area (Å²) in [6, 6.07) is 12.8. The fourth-order valence-corrected chi connectivity index (χ4v) is 3.41. The van der Waals surface area contributed by atoms with E-state index in [4.69, 9.17) is 9.72 Å². The van der Waals surface area contributed by atoms with Crippen LogP contribution in [0.1, 0.15) is 38.8 Å². The molecule has 27 heavy (non-hydrogen) atoms. The van der Waals surface area contributed by atoms with Gasteiger partial charge in [0.2, 0.25) is 0 Å². The largest absolute Gasteiger partial charge is 0.497 e. The molecule has 4 heteroatoms. The van der Waals surface area contributed by atoms with E-state index in [0.29, 0.717) is 5.92 Å². The van der Waals surface area contributed by atoms with Crippen LogP contribution in [0.3, 0.4) is 0 Å². The number of methoxy groups -OCH3 is 1. The van der Waals surface area contributed by atoms with Gasteiger partial charge in [-0.05, 0) is 40.7 Å². The highest BCUT2D eigenvalue weighted by atomic mass is 16.5. The van der Waals surface area contributed by atoms with Crippen molar-refractivity contribution in [3.8, 4) is 5.75 Å². The van der Waals surface area contributed by atoms with Crippen molar-refractivity contribution in [2.45, 2.75) is 39.7 Å². The number of piperazine rings is 1. The van der Waals surface area contributed by atoms with E-state index in [2.05, 4.69) is 68.0 Å². The lowest BCUT2D eigenvalue weighted by atomic mass is 9.76. The molecule has 1 saturated heterocycles. The van der Waals surface area contributed by atoms with Gasteiger partial charge in [0.1, 0.15) is 11.6 Å². The molecular weight excluding hydrogens is 334 g/mol. The summed E-state index contributed by atoms with van der Waals surface area (Å²) in [5.74, 6) is 2.60. The van der Waals surface area contributed by atoms with E-state index in [1.807, 2.05) is 12.1 Å². The van der Waals surface area contributed by atoms with E-state index in [1.165, 1.54) is 11.1 Å². The van der Waals surface area contributed by atoms with Gasteiger partial charge in [-0.2, -0.15) is 0 Å². The Bertz CT molecular complexity index is 714. The summed E-state index contributed by atoms with van der Waals surface area (Å²) in [7, 11) is 1.71. The third-order valence-corrected chi connectivity index (χ3v) is 6.20. The van der Waals surface area contributed by atoms with Crippen molar-refractivity contribution in [2.24, 2.45) is 5.92 Å². The fraction of sp³-hybridized carbons (Fsp3) is 0.522. The van der Waals surface area contributed by atoms with Crippen molar-refractivity contribution >= 4 is 5.82 Å². The van der Waals surface area contributed by atoms with Crippen LogP contribution in [-0.4, -0.2) is 43.2 Å². The Hall–Kier alpha value is -2.07. The molecule has 1 fully saturated rings. The van der Waals surface area contributed by atoms with Gasteiger partial charge in [-0.25, -0.2) is 4.98 Å². The summed E-state index contributed by atoms with van der Waals surface area (Å²) >= 11 is 0. The van der Waals surface area contributed by atoms with Crippen molar-refractivity contribution in [1.29, 1.82) is 0 Å². The molecule has 1 aromatic carbocycles. The Morgan fingerprint density at radius 2 is 1.67 bits per heavy atom. The minimum Gasteiger partial charge on any atom is -0.497 e. The molecule has 0 spiro atoms. The van der Waals surface area contributed by atoms with Crippen molar-refractivity contribution < 1.29 is 4.74 Å². The molecule has 0 aliphatic carbocycles. The normalized spacial score (nSPS) is 16.0. The van der Waals surface area contributed by atoms with Gasteiger partial charge in [-0.3, -0.25) is 4.90 Å². The van der Waals surface area contributed by atoms with Crippen LogP contribution in [0.4, 0.5) is 5.82 Å². The number of nitrogens with zero attached hydrogens (tertiary/aromatic N) is 3. The lowest BCUT2D eigenvalue weighted by molar-refractivity contribution is 0.249. The first kappa shape index (κ1) is 19.7. The van der Waals surface area contributed by atoms with Crippen LogP contribution in [-0.2, 0) is 12.0 Å². The lowest BCUT2D eigenvalue weighted by Gasteiger charge is -2.36. The topological polar surface area (TPSA) is 28.6 Å². The maximum absolute atomic E-state index is 5.24. The Labute approximate surface area is 164 Å². The van der Waals surface area contributed by atoms with Crippen LogP contribution in [0.15, 0.2) is 42.6 Å². The fourth-order valence-electron chi connectivity index (χ4n) is 3.41. The molecule has 0 radical (unpaired) electrons. The Morgan fingerprint density at radius 1 is 1.00 bits per heavy atom. The molecule has 0 bridgehead atoms. The zero-order chi connectivity index (χ0) is 19.4. The first-order valence-electron chi connectivity index (χ1n) is 9.97. The molecule has 0 amide bonds. The second-order valence-electron chi connectivity index (χ2n) is 8.39. The summed E-state index contributed by atoms with van der Waals surface area (Å²) in [5.41, 5.74) is 2.81. The molecule has 0 unspecified atom stereocenters. The number of rotatable bonds is 6. The second-order valence-corrected chi connectivity index (χ2v) is 8.39. The molecular formula is C23H33N3O. The number of ether oxygens (including phenoxy) is 1. The molecule has 3 rings (SSSR count). The third kappa shape index (κ3) is 4.62. The molecule has 1 aliphatic heterocycles. The number of hydrogen-bond donors (Lipinski definition) is 0. The summed E-state index contributed by atoms with van der Waals surface area (Å²) < 4.78 is 5.24. The van der Waals surface area contributed by atoms with Crippen molar-refractivity contribution in [1.82, 2.24) is 9.88 Å². The minimum atomic E-state index is 0.155. The van der Waals surface area contributed by atoms with Gasteiger partial charge < -0.3 is 9.64 Å². The summed E-state index contributed by atoms with van der Waals surface area (Å²) in [4.78, 5) is 9.68. The standard InChI is InChI=1S/C23H33N3O/c1-18(2)23(3,4)20-8-11-22(24-16-20)26-14-12-25(13-15-26)17-19-6-9-21(27-5)10-7-19/h6-11,16,18H,12-15,17H2,1-5H3. The highest BCUT2D eigenvalue weighted by molar-refractivity contribution is 5.41. The highest BCUT2D eigenvalue weighted by Crippen LogP contribution is 2.31. The van der Waals surface area contributed by atoms with E-state index in [0.717, 1.165) is 44.3 Å². The second kappa shape index (κ2) is 8.30. The van der Waals surface area contributed by atoms with Crippen molar-refractivity contribution in [3.05, 3.63) is 53.7 Å². The number of benzene rings is 1. The van der Waals surface area contributed by atoms with E-state index < -0.39 is 0 Å². The Morgan fingerprint density at radius 3 is 2.19 bits per heavy atom. The van der Waals surface area contributed by atoms with Crippen LogP contribution in [0, 0.1) is 5.92 Å². The van der Waals surface area contributed by atoms with Crippen LogP contribution < -0.4 is 9.64 Å². The van der Waals surface area contributed by atoms with Gasteiger partial charge in [0.05, 0.1) is 7.11 Å². The lowest BCUT2D eigenvalue weighted by Crippen LogP contribution is -2.46. The maximum atomic E-state index is 5.24. The minimum absolute atomic E-state index is 0.155. The highest BCUT2D eigenvalue weighted by Gasteiger charge is 2.25. The molecule has 1 aromatic heterocycles. The molecule has 0 saturated carbocycles. The Balaban J connectivity index is 1.55. The number of aromatic nitrogens is 1. The van der Waals surface area contributed by atoms with Gasteiger partial charge in [0.25, 0.3) is 0 Å². The number of pyridine rings is 1. The van der Waals surface area contributed by atoms with Crippen LogP contribution in [0.5, 0.6) is 5.75 Å². The zero-order valence-corrected chi connectivity index (χ0v) is 17.4. The number of hydrogen-bond acceptors (Lipinski definition) is 4. The van der Waals surface area contributed by atoms with Crippen LogP contribution in [0.2, 0.25) is 0 Å².